The van der Waals surface area contributed by atoms with E-state index in [0.29, 0.717) is 25.0 Å². The lowest BCUT2D eigenvalue weighted by atomic mass is 10.1. The number of nitrogens with one attached hydrogen (secondary N) is 2. The van der Waals surface area contributed by atoms with Crippen molar-refractivity contribution in [3.8, 4) is 11.5 Å². The molecule has 26 heavy (non-hydrogen) atoms. The predicted octanol–water partition coefficient (Wildman–Crippen LogP) is 3.54. The van der Waals surface area contributed by atoms with Crippen LogP contribution in [0.1, 0.15) is 43.7 Å². The van der Waals surface area contributed by atoms with Gasteiger partial charge in [-0.25, -0.2) is 4.99 Å². The Morgan fingerprint density at radius 1 is 1.27 bits per heavy atom. The number of hydrogen-bond donors (Lipinski definition) is 2. The zero-order valence-corrected chi connectivity index (χ0v) is 16.7. The van der Waals surface area contributed by atoms with Crippen LogP contribution in [0.5, 0.6) is 11.5 Å². The maximum Gasteiger partial charge on any atom is 0.231 e. The smallest absolute Gasteiger partial charge is 0.231 e. The molecule has 8 heteroatoms. The second-order valence-corrected chi connectivity index (χ2v) is 7.09. The van der Waals surface area contributed by atoms with Crippen LogP contribution >= 0.6 is 15.9 Å². The Hall–Kier alpha value is -2.22. The number of aliphatic imine (C=N–C) groups is 1. The molecule has 2 N–H and O–H groups in total. The standard InChI is InChI=1S/C18H23BrN4O3/c1-4-20-18(22-9-13-7-15(11(2)3)23-26-13)21-8-12-5-14(19)17-16(6-12)24-10-25-17/h5-7,11H,4,8-10H2,1-3H3,(H2,20,21,22). The van der Waals surface area contributed by atoms with E-state index < -0.39 is 0 Å². The van der Waals surface area contributed by atoms with Gasteiger partial charge in [0.15, 0.2) is 23.2 Å². The van der Waals surface area contributed by atoms with Gasteiger partial charge in [-0.15, -0.1) is 0 Å². The number of nitrogens with zero attached hydrogens (tertiary/aromatic N) is 2. The number of hydrogen-bond acceptors (Lipinski definition) is 5. The summed E-state index contributed by atoms with van der Waals surface area (Å²) in [6.07, 6.45) is 0. The third kappa shape index (κ3) is 4.49. The van der Waals surface area contributed by atoms with Gasteiger partial charge in [0, 0.05) is 12.6 Å². The highest BCUT2D eigenvalue weighted by Crippen LogP contribution is 2.40. The van der Waals surface area contributed by atoms with Gasteiger partial charge in [-0.2, -0.15) is 0 Å². The number of guanidine groups is 1. The van der Waals surface area contributed by atoms with Crippen molar-refractivity contribution in [2.24, 2.45) is 4.99 Å². The SMILES string of the molecule is CCNC(=NCc1cc(Br)c2c(c1)OCO2)NCc1cc(C(C)C)no1. The van der Waals surface area contributed by atoms with E-state index >= 15 is 0 Å². The highest BCUT2D eigenvalue weighted by molar-refractivity contribution is 9.10. The first kappa shape index (κ1) is 18.6. The number of halogens is 1. The van der Waals surface area contributed by atoms with Gasteiger partial charge in [0.1, 0.15) is 0 Å². The Morgan fingerprint density at radius 3 is 2.85 bits per heavy atom. The Kier molecular flexibility index (Phi) is 6.03. The van der Waals surface area contributed by atoms with E-state index in [4.69, 9.17) is 14.0 Å². The Balaban J connectivity index is 1.64. The summed E-state index contributed by atoms with van der Waals surface area (Å²) in [6, 6.07) is 5.91. The molecule has 140 valence electrons. The number of benzene rings is 1. The van der Waals surface area contributed by atoms with Gasteiger partial charge < -0.3 is 24.6 Å². The lowest BCUT2D eigenvalue weighted by Gasteiger charge is -2.10. The average molecular weight is 423 g/mol. The largest absolute Gasteiger partial charge is 0.454 e. The van der Waals surface area contributed by atoms with Crippen molar-refractivity contribution in [1.82, 2.24) is 15.8 Å². The van der Waals surface area contributed by atoms with Crippen LogP contribution in [0.2, 0.25) is 0 Å². The van der Waals surface area contributed by atoms with Crippen LogP contribution in [0.3, 0.4) is 0 Å². The summed E-state index contributed by atoms with van der Waals surface area (Å²) < 4.78 is 17.1. The van der Waals surface area contributed by atoms with Crippen molar-refractivity contribution in [2.75, 3.05) is 13.3 Å². The van der Waals surface area contributed by atoms with E-state index in [1.54, 1.807) is 0 Å². The molecule has 1 aromatic carbocycles. The monoisotopic (exact) mass is 422 g/mol. The molecular formula is C18H23BrN4O3. The summed E-state index contributed by atoms with van der Waals surface area (Å²) in [5, 5.41) is 10.6. The lowest BCUT2D eigenvalue weighted by Crippen LogP contribution is -2.36. The molecular weight excluding hydrogens is 400 g/mol. The first-order chi connectivity index (χ1) is 12.6. The molecule has 3 rings (SSSR count). The second kappa shape index (κ2) is 8.44. The highest BCUT2D eigenvalue weighted by atomic mass is 79.9. The summed E-state index contributed by atoms with van der Waals surface area (Å²) in [6.45, 7) is 8.26. The minimum atomic E-state index is 0.250. The lowest BCUT2D eigenvalue weighted by molar-refractivity contribution is 0.173. The van der Waals surface area contributed by atoms with Crippen LogP contribution in [0.4, 0.5) is 0 Å². The molecule has 0 amide bonds. The van der Waals surface area contributed by atoms with E-state index in [9.17, 15) is 0 Å². The summed E-state index contributed by atoms with van der Waals surface area (Å²) in [7, 11) is 0. The van der Waals surface area contributed by atoms with Crippen molar-refractivity contribution in [1.29, 1.82) is 0 Å². The predicted molar refractivity (Wildman–Crippen MR) is 103 cm³/mol. The molecule has 0 unspecified atom stereocenters. The first-order valence-electron chi connectivity index (χ1n) is 8.62. The Bertz CT molecular complexity index is 789. The number of fused-ring (bicyclic) bond motifs is 1. The number of rotatable bonds is 6. The molecule has 1 aliphatic rings. The van der Waals surface area contributed by atoms with Crippen molar-refractivity contribution >= 4 is 21.9 Å². The van der Waals surface area contributed by atoms with Crippen LogP contribution in [0.15, 0.2) is 32.2 Å². The molecule has 2 heterocycles. The zero-order valence-electron chi connectivity index (χ0n) is 15.1. The normalized spacial score (nSPS) is 13.3. The van der Waals surface area contributed by atoms with Crippen LogP contribution < -0.4 is 20.1 Å². The fourth-order valence-corrected chi connectivity index (χ4v) is 3.08. The molecule has 1 aliphatic heterocycles. The number of aromatic nitrogens is 1. The van der Waals surface area contributed by atoms with Crippen molar-refractivity contribution < 1.29 is 14.0 Å². The van der Waals surface area contributed by atoms with Gasteiger partial charge in [0.25, 0.3) is 0 Å². The van der Waals surface area contributed by atoms with Crippen molar-refractivity contribution in [3.05, 3.63) is 39.7 Å². The highest BCUT2D eigenvalue weighted by Gasteiger charge is 2.17. The summed E-state index contributed by atoms with van der Waals surface area (Å²) in [4.78, 5) is 4.62. The van der Waals surface area contributed by atoms with Crippen molar-refractivity contribution in [2.45, 2.75) is 39.8 Å². The van der Waals surface area contributed by atoms with E-state index in [2.05, 4.69) is 50.6 Å². The van der Waals surface area contributed by atoms with Crippen LogP contribution in [0, 0.1) is 0 Å². The summed E-state index contributed by atoms with van der Waals surface area (Å²) in [5.74, 6) is 3.33. The first-order valence-corrected chi connectivity index (χ1v) is 9.41. The molecule has 0 spiro atoms. The van der Waals surface area contributed by atoms with Gasteiger partial charge in [-0.05, 0) is 46.5 Å². The average Bonchev–Trinajstić information content (AvgIpc) is 3.26. The number of ether oxygens (including phenoxy) is 2. The minimum Gasteiger partial charge on any atom is -0.454 e. The topological polar surface area (TPSA) is 80.9 Å². The Labute approximate surface area is 161 Å². The molecule has 0 saturated carbocycles. The molecule has 0 saturated heterocycles. The third-order valence-electron chi connectivity index (χ3n) is 3.85. The van der Waals surface area contributed by atoms with Gasteiger partial charge >= 0.3 is 0 Å². The Morgan fingerprint density at radius 2 is 2.12 bits per heavy atom. The molecule has 1 aromatic heterocycles. The quantitative estimate of drug-likeness (QED) is 0.547. The molecule has 0 bridgehead atoms. The van der Waals surface area contributed by atoms with E-state index in [1.165, 1.54) is 0 Å². The fraction of sp³-hybridized carbons (Fsp3) is 0.444. The fourth-order valence-electron chi connectivity index (χ4n) is 2.48. The molecule has 7 nitrogen and oxygen atoms in total. The minimum absolute atomic E-state index is 0.250. The molecule has 0 atom stereocenters. The van der Waals surface area contributed by atoms with E-state index in [-0.39, 0.29) is 6.79 Å². The summed E-state index contributed by atoms with van der Waals surface area (Å²) in [5.41, 5.74) is 1.98. The van der Waals surface area contributed by atoms with Crippen LogP contribution in [-0.2, 0) is 13.1 Å². The van der Waals surface area contributed by atoms with E-state index in [1.807, 2.05) is 25.1 Å². The molecule has 0 radical (unpaired) electrons. The third-order valence-corrected chi connectivity index (χ3v) is 4.44. The van der Waals surface area contributed by atoms with Gasteiger partial charge in [-0.1, -0.05) is 19.0 Å². The molecule has 0 fully saturated rings. The molecule has 0 aliphatic carbocycles. The van der Waals surface area contributed by atoms with Gasteiger partial charge in [-0.3, -0.25) is 0 Å². The summed E-state index contributed by atoms with van der Waals surface area (Å²) >= 11 is 3.51. The van der Waals surface area contributed by atoms with Crippen LogP contribution in [-0.4, -0.2) is 24.5 Å². The van der Waals surface area contributed by atoms with E-state index in [0.717, 1.165) is 39.5 Å². The maximum absolute atomic E-state index is 5.45. The maximum atomic E-state index is 5.45. The second-order valence-electron chi connectivity index (χ2n) is 6.23. The molecule has 2 aromatic rings. The van der Waals surface area contributed by atoms with Crippen molar-refractivity contribution in [3.63, 3.8) is 0 Å². The van der Waals surface area contributed by atoms with Gasteiger partial charge in [0.2, 0.25) is 6.79 Å². The van der Waals surface area contributed by atoms with Gasteiger partial charge in [0.05, 0.1) is 23.3 Å². The zero-order chi connectivity index (χ0) is 18.5. The van der Waals surface area contributed by atoms with Crippen LogP contribution in [0.25, 0.3) is 0 Å².